The molecule has 0 amide bonds. The van der Waals surface area contributed by atoms with Gasteiger partial charge in [0.1, 0.15) is 0 Å². The predicted octanol–water partition coefficient (Wildman–Crippen LogP) is 3.94. The first-order valence-electron chi connectivity index (χ1n) is 6.52. The van der Waals surface area contributed by atoms with E-state index in [0.717, 1.165) is 0 Å². The van der Waals surface area contributed by atoms with Crippen LogP contribution in [-0.4, -0.2) is 11.0 Å². The second-order valence-electron chi connectivity index (χ2n) is 5.15. The number of hydrogen-bond donors (Lipinski definition) is 1. The lowest BCUT2D eigenvalue weighted by Crippen LogP contribution is -2.03. The third kappa shape index (κ3) is 2.23. The smallest absolute Gasteiger partial charge is 0.0378 e. The number of aromatic nitrogens is 1. The van der Waals surface area contributed by atoms with Gasteiger partial charge in [0.25, 0.3) is 0 Å². The second-order valence-corrected chi connectivity index (χ2v) is 5.15. The summed E-state index contributed by atoms with van der Waals surface area (Å²) in [6.45, 7) is 4.26. The highest BCUT2D eigenvalue weighted by Gasteiger charge is 2.21. The molecule has 0 saturated heterocycles. The van der Waals surface area contributed by atoms with Crippen molar-refractivity contribution in [1.29, 1.82) is 0 Å². The van der Waals surface area contributed by atoms with E-state index in [2.05, 4.69) is 48.4 Å². The third-order valence-corrected chi connectivity index (χ3v) is 3.46. The summed E-state index contributed by atoms with van der Waals surface area (Å²) in [6.07, 6.45) is 6.44. The van der Waals surface area contributed by atoms with E-state index >= 15 is 0 Å². The quantitative estimate of drug-likeness (QED) is 0.876. The van der Waals surface area contributed by atoms with Crippen molar-refractivity contribution in [2.24, 2.45) is 0 Å². The fourth-order valence-electron chi connectivity index (χ4n) is 2.25. The summed E-state index contributed by atoms with van der Waals surface area (Å²) in [6, 6.07) is 9.34. The van der Waals surface area contributed by atoms with E-state index < -0.39 is 0 Å². The van der Waals surface area contributed by atoms with Gasteiger partial charge in [-0.05, 0) is 55.5 Å². The summed E-state index contributed by atoms with van der Waals surface area (Å²) in [7, 11) is 0. The van der Waals surface area contributed by atoms with Crippen molar-refractivity contribution in [1.82, 2.24) is 4.98 Å². The minimum absolute atomic E-state index is 0.689. The lowest BCUT2D eigenvalue weighted by atomic mass is 9.99. The van der Waals surface area contributed by atoms with Crippen LogP contribution in [0.25, 0.3) is 11.1 Å². The van der Waals surface area contributed by atoms with Gasteiger partial charge in [-0.25, -0.2) is 0 Å². The van der Waals surface area contributed by atoms with Gasteiger partial charge in [-0.3, -0.25) is 4.98 Å². The molecule has 1 N–H and O–H groups in total. The zero-order valence-electron chi connectivity index (χ0n) is 10.9. The number of rotatable bonds is 3. The zero-order chi connectivity index (χ0) is 12.5. The number of benzene rings is 1. The molecule has 2 aromatic rings. The molecule has 3 rings (SSSR count). The first-order valence-corrected chi connectivity index (χ1v) is 6.52. The highest BCUT2D eigenvalue weighted by atomic mass is 15.0. The third-order valence-electron chi connectivity index (χ3n) is 3.46. The van der Waals surface area contributed by atoms with Gasteiger partial charge in [0.05, 0.1) is 0 Å². The molecule has 0 atom stereocenters. The van der Waals surface area contributed by atoms with Crippen molar-refractivity contribution in [3.8, 4) is 11.1 Å². The Kier molecular flexibility index (Phi) is 2.78. The van der Waals surface area contributed by atoms with Crippen LogP contribution in [-0.2, 0) is 0 Å². The number of anilines is 1. The van der Waals surface area contributed by atoms with Crippen LogP contribution in [0.1, 0.15) is 24.0 Å². The maximum absolute atomic E-state index is 4.28. The van der Waals surface area contributed by atoms with Crippen molar-refractivity contribution in [2.75, 3.05) is 5.32 Å². The van der Waals surface area contributed by atoms with E-state index in [1.165, 1.54) is 40.8 Å². The minimum atomic E-state index is 0.689. The molecule has 1 aromatic carbocycles. The molecule has 0 spiro atoms. The Hall–Kier alpha value is -1.83. The van der Waals surface area contributed by atoms with E-state index in [1.54, 1.807) is 0 Å². The van der Waals surface area contributed by atoms with Crippen molar-refractivity contribution in [3.05, 3.63) is 47.8 Å². The summed E-state index contributed by atoms with van der Waals surface area (Å²) in [5, 5.41) is 3.59. The fraction of sp³-hybridized carbons (Fsp3) is 0.312. The minimum Gasteiger partial charge on any atom is -0.382 e. The Labute approximate surface area is 108 Å². The SMILES string of the molecule is Cc1cncc(-c2cccc(NC3CC3)c2C)c1. The lowest BCUT2D eigenvalue weighted by Gasteiger charge is -2.13. The number of nitrogens with one attached hydrogen (secondary N) is 1. The van der Waals surface area contributed by atoms with Gasteiger partial charge in [0, 0.05) is 29.7 Å². The van der Waals surface area contributed by atoms with Crippen LogP contribution in [0.15, 0.2) is 36.7 Å². The second kappa shape index (κ2) is 4.45. The van der Waals surface area contributed by atoms with Gasteiger partial charge in [-0.2, -0.15) is 0 Å². The zero-order valence-corrected chi connectivity index (χ0v) is 10.9. The average molecular weight is 238 g/mol. The van der Waals surface area contributed by atoms with Crippen LogP contribution < -0.4 is 5.32 Å². The van der Waals surface area contributed by atoms with E-state index in [-0.39, 0.29) is 0 Å². The molecule has 1 fully saturated rings. The molecule has 0 radical (unpaired) electrons. The van der Waals surface area contributed by atoms with Gasteiger partial charge >= 0.3 is 0 Å². The van der Waals surface area contributed by atoms with Gasteiger partial charge < -0.3 is 5.32 Å². The van der Waals surface area contributed by atoms with Crippen molar-refractivity contribution < 1.29 is 0 Å². The standard InChI is InChI=1S/C16H18N2/c1-11-8-13(10-17-9-11)15-4-3-5-16(12(15)2)18-14-6-7-14/h3-5,8-10,14,18H,6-7H2,1-2H3. The molecule has 0 aliphatic heterocycles. The molecular weight excluding hydrogens is 220 g/mol. The summed E-state index contributed by atoms with van der Waals surface area (Å²) < 4.78 is 0. The Balaban J connectivity index is 2.00. The summed E-state index contributed by atoms with van der Waals surface area (Å²) in [5.41, 5.74) is 6.25. The molecule has 0 unspecified atom stereocenters. The molecule has 18 heavy (non-hydrogen) atoms. The molecule has 1 aromatic heterocycles. The molecule has 0 bridgehead atoms. The Morgan fingerprint density at radius 1 is 1.17 bits per heavy atom. The average Bonchev–Trinajstić information content (AvgIpc) is 3.16. The number of aryl methyl sites for hydroxylation is 1. The molecule has 1 aliphatic rings. The Morgan fingerprint density at radius 3 is 2.72 bits per heavy atom. The predicted molar refractivity (Wildman–Crippen MR) is 75.8 cm³/mol. The molecule has 1 heterocycles. The summed E-state index contributed by atoms with van der Waals surface area (Å²) in [4.78, 5) is 4.28. The van der Waals surface area contributed by atoms with Gasteiger partial charge in [-0.1, -0.05) is 12.1 Å². The van der Waals surface area contributed by atoms with Crippen LogP contribution in [0, 0.1) is 13.8 Å². The van der Waals surface area contributed by atoms with Crippen molar-refractivity contribution >= 4 is 5.69 Å². The Morgan fingerprint density at radius 2 is 2.00 bits per heavy atom. The topological polar surface area (TPSA) is 24.9 Å². The summed E-state index contributed by atoms with van der Waals surface area (Å²) in [5.74, 6) is 0. The maximum Gasteiger partial charge on any atom is 0.0378 e. The molecule has 2 nitrogen and oxygen atoms in total. The number of pyridine rings is 1. The van der Waals surface area contributed by atoms with E-state index in [4.69, 9.17) is 0 Å². The van der Waals surface area contributed by atoms with Crippen LogP contribution in [0.5, 0.6) is 0 Å². The van der Waals surface area contributed by atoms with Crippen molar-refractivity contribution in [3.63, 3.8) is 0 Å². The maximum atomic E-state index is 4.28. The molecule has 92 valence electrons. The van der Waals surface area contributed by atoms with E-state index in [1.807, 2.05) is 12.4 Å². The molecule has 2 heteroatoms. The largest absolute Gasteiger partial charge is 0.382 e. The van der Waals surface area contributed by atoms with Crippen LogP contribution in [0.2, 0.25) is 0 Å². The molecule has 1 saturated carbocycles. The Bertz CT molecular complexity index is 571. The van der Waals surface area contributed by atoms with Crippen molar-refractivity contribution in [2.45, 2.75) is 32.7 Å². The van der Waals surface area contributed by atoms with E-state index in [0.29, 0.717) is 6.04 Å². The first-order chi connectivity index (χ1) is 8.74. The van der Waals surface area contributed by atoms with Crippen LogP contribution in [0.4, 0.5) is 5.69 Å². The molecule has 1 aliphatic carbocycles. The van der Waals surface area contributed by atoms with Gasteiger partial charge in [0.15, 0.2) is 0 Å². The lowest BCUT2D eigenvalue weighted by molar-refractivity contribution is 1.14. The van der Waals surface area contributed by atoms with Gasteiger partial charge in [0.2, 0.25) is 0 Å². The number of hydrogen-bond acceptors (Lipinski definition) is 2. The van der Waals surface area contributed by atoms with E-state index in [9.17, 15) is 0 Å². The molecular formula is C16H18N2. The normalized spacial score (nSPS) is 14.6. The van der Waals surface area contributed by atoms with Crippen LogP contribution in [0.3, 0.4) is 0 Å². The monoisotopic (exact) mass is 238 g/mol. The number of nitrogens with zero attached hydrogens (tertiary/aromatic N) is 1. The summed E-state index contributed by atoms with van der Waals surface area (Å²) >= 11 is 0. The fourth-order valence-corrected chi connectivity index (χ4v) is 2.25. The first kappa shape index (κ1) is 11.3. The van der Waals surface area contributed by atoms with Crippen LogP contribution >= 0.6 is 0 Å². The highest BCUT2D eigenvalue weighted by Crippen LogP contribution is 2.32. The van der Waals surface area contributed by atoms with Gasteiger partial charge in [-0.15, -0.1) is 0 Å². The highest BCUT2D eigenvalue weighted by molar-refractivity contribution is 5.73.